The topological polar surface area (TPSA) is 50.2 Å². The molecule has 3 rings (SSSR count). The van der Waals surface area contributed by atoms with Gasteiger partial charge in [-0.2, -0.15) is 0 Å². The highest BCUT2D eigenvalue weighted by Gasteiger charge is 2.33. The molecule has 0 aromatic carbocycles. The number of carbonyl (C=O) groups is 1. The zero-order chi connectivity index (χ0) is 14.7. The van der Waals surface area contributed by atoms with Crippen LogP contribution in [0.4, 0.5) is 4.79 Å². The molecule has 0 bridgehead atoms. The summed E-state index contributed by atoms with van der Waals surface area (Å²) in [4.78, 5) is 19.7. The van der Waals surface area contributed by atoms with Crippen LogP contribution in [0.2, 0.25) is 0 Å². The highest BCUT2D eigenvalue weighted by molar-refractivity contribution is 7.10. The summed E-state index contributed by atoms with van der Waals surface area (Å²) < 4.78 is 2.09. The summed E-state index contributed by atoms with van der Waals surface area (Å²) in [5.41, 5.74) is 0. The van der Waals surface area contributed by atoms with E-state index in [0.717, 1.165) is 31.8 Å². The van der Waals surface area contributed by atoms with E-state index in [1.165, 1.54) is 4.88 Å². The SMILES string of the molecule is CCc1nccn1CCNC(=O)N1CC[C@H]1c1cccs1. The van der Waals surface area contributed by atoms with Gasteiger partial charge >= 0.3 is 6.03 Å². The highest BCUT2D eigenvalue weighted by Crippen LogP contribution is 2.35. The number of amides is 2. The van der Waals surface area contributed by atoms with Gasteiger partial charge in [0.25, 0.3) is 0 Å². The summed E-state index contributed by atoms with van der Waals surface area (Å²) in [6.45, 7) is 4.34. The summed E-state index contributed by atoms with van der Waals surface area (Å²) in [7, 11) is 0. The van der Waals surface area contributed by atoms with E-state index in [9.17, 15) is 4.79 Å². The number of imidazole rings is 1. The molecule has 2 aromatic rings. The van der Waals surface area contributed by atoms with Crippen LogP contribution in [0.15, 0.2) is 29.9 Å². The Morgan fingerprint density at radius 1 is 1.57 bits per heavy atom. The fourth-order valence-corrected chi connectivity index (χ4v) is 3.52. The van der Waals surface area contributed by atoms with Crippen molar-refractivity contribution in [2.45, 2.75) is 32.4 Å². The molecule has 112 valence electrons. The maximum absolute atomic E-state index is 12.2. The lowest BCUT2D eigenvalue weighted by Gasteiger charge is -2.40. The maximum Gasteiger partial charge on any atom is 0.318 e. The van der Waals surface area contributed by atoms with Gasteiger partial charge in [-0.1, -0.05) is 13.0 Å². The van der Waals surface area contributed by atoms with Crippen LogP contribution < -0.4 is 5.32 Å². The molecule has 0 spiro atoms. The lowest BCUT2D eigenvalue weighted by Crippen LogP contribution is -2.50. The minimum atomic E-state index is 0.0396. The zero-order valence-electron chi connectivity index (χ0n) is 12.2. The van der Waals surface area contributed by atoms with Crippen molar-refractivity contribution < 1.29 is 4.79 Å². The van der Waals surface area contributed by atoms with Gasteiger partial charge in [0.15, 0.2) is 0 Å². The number of hydrogen-bond donors (Lipinski definition) is 1. The molecule has 1 saturated heterocycles. The van der Waals surface area contributed by atoms with Gasteiger partial charge < -0.3 is 14.8 Å². The van der Waals surface area contributed by atoms with Gasteiger partial charge in [0.2, 0.25) is 0 Å². The molecule has 6 heteroatoms. The Morgan fingerprint density at radius 2 is 2.48 bits per heavy atom. The molecule has 1 fully saturated rings. The van der Waals surface area contributed by atoms with Crippen LogP contribution in [0.5, 0.6) is 0 Å². The average Bonchev–Trinajstić information content (AvgIpc) is 3.08. The molecule has 5 nitrogen and oxygen atoms in total. The van der Waals surface area contributed by atoms with Crippen molar-refractivity contribution in [1.29, 1.82) is 0 Å². The van der Waals surface area contributed by atoms with Crippen LogP contribution in [0.1, 0.15) is 30.1 Å². The largest absolute Gasteiger partial charge is 0.336 e. The quantitative estimate of drug-likeness (QED) is 0.923. The van der Waals surface area contributed by atoms with E-state index >= 15 is 0 Å². The molecule has 21 heavy (non-hydrogen) atoms. The normalized spacial score (nSPS) is 17.6. The molecule has 0 saturated carbocycles. The molecule has 1 N–H and O–H groups in total. The number of aromatic nitrogens is 2. The van der Waals surface area contributed by atoms with Crippen LogP contribution in [-0.2, 0) is 13.0 Å². The van der Waals surface area contributed by atoms with Crippen molar-refractivity contribution in [2.24, 2.45) is 0 Å². The molecule has 1 aliphatic heterocycles. The minimum absolute atomic E-state index is 0.0396. The minimum Gasteiger partial charge on any atom is -0.336 e. The van der Waals surface area contributed by atoms with E-state index in [-0.39, 0.29) is 12.1 Å². The molecule has 3 heterocycles. The molecule has 1 atom stereocenters. The first-order chi connectivity index (χ1) is 10.3. The Morgan fingerprint density at radius 3 is 3.14 bits per heavy atom. The lowest BCUT2D eigenvalue weighted by molar-refractivity contribution is 0.117. The number of nitrogens with one attached hydrogen (secondary N) is 1. The second-order valence-electron chi connectivity index (χ2n) is 5.14. The zero-order valence-corrected chi connectivity index (χ0v) is 13.0. The molecular formula is C15H20N4OS. The van der Waals surface area contributed by atoms with E-state index in [1.807, 2.05) is 23.4 Å². The Hall–Kier alpha value is -1.82. The van der Waals surface area contributed by atoms with E-state index in [1.54, 1.807) is 11.3 Å². The van der Waals surface area contributed by atoms with E-state index < -0.39 is 0 Å². The molecule has 0 radical (unpaired) electrons. The molecule has 1 aliphatic rings. The number of likely N-dealkylation sites (tertiary alicyclic amines) is 1. The Kier molecular flexibility index (Phi) is 4.24. The molecular weight excluding hydrogens is 284 g/mol. The van der Waals surface area contributed by atoms with Gasteiger partial charge in [0.1, 0.15) is 5.82 Å². The molecule has 2 aromatic heterocycles. The first kappa shape index (κ1) is 14.1. The summed E-state index contributed by atoms with van der Waals surface area (Å²) in [5.74, 6) is 1.06. The number of urea groups is 1. The van der Waals surface area contributed by atoms with Crippen LogP contribution >= 0.6 is 11.3 Å². The standard InChI is InChI=1S/C15H20N4OS/c1-2-14-16-6-9-18(14)10-7-17-15(20)19-8-5-12(19)13-4-3-11-21-13/h3-4,6,9,11-12H,2,5,7-8,10H2,1H3,(H,17,20)/t12-/m0/s1. The summed E-state index contributed by atoms with van der Waals surface area (Å²) in [5, 5.41) is 5.07. The smallest absolute Gasteiger partial charge is 0.318 e. The van der Waals surface area contributed by atoms with Crippen LogP contribution in [0.3, 0.4) is 0 Å². The Balaban J connectivity index is 1.49. The van der Waals surface area contributed by atoms with Gasteiger partial charge in [0, 0.05) is 43.3 Å². The van der Waals surface area contributed by atoms with Gasteiger partial charge in [-0.25, -0.2) is 9.78 Å². The first-order valence-corrected chi connectivity index (χ1v) is 8.25. The van der Waals surface area contributed by atoms with Gasteiger partial charge in [-0.3, -0.25) is 0 Å². The fourth-order valence-electron chi connectivity index (χ4n) is 2.65. The van der Waals surface area contributed by atoms with Gasteiger partial charge in [0.05, 0.1) is 6.04 Å². The van der Waals surface area contributed by atoms with Crippen LogP contribution in [0, 0.1) is 0 Å². The average molecular weight is 304 g/mol. The number of aryl methyl sites for hydroxylation is 1. The number of nitrogens with zero attached hydrogens (tertiary/aromatic N) is 3. The van der Waals surface area contributed by atoms with Gasteiger partial charge in [-0.05, 0) is 17.9 Å². The summed E-state index contributed by atoms with van der Waals surface area (Å²) in [6, 6.07) is 4.45. The first-order valence-electron chi connectivity index (χ1n) is 7.37. The number of rotatable bonds is 5. The van der Waals surface area contributed by atoms with Crippen molar-refractivity contribution in [3.05, 3.63) is 40.6 Å². The third-order valence-electron chi connectivity index (χ3n) is 3.90. The Bertz CT molecular complexity index is 593. The van der Waals surface area contributed by atoms with E-state index in [2.05, 4.69) is 33.2 Å². The number of thiophene rings is 1. The van der Waals surface area contributed by atoms with Crippen LogP contribution in [-0.4, -0.2) is 33.6 Å². The second-order valence-corrected chi connectivity index (χ2v) is 6.11. The van der Waals surface area contributed by atoms with Crippen molar-refractivity contribution in [1.82, 2.24) is 19.8 Å². The van der Waals surface area contributed by atoms with E-state index in [0.29, 0.717) is 6.54 Å². The molecule has 0 aliphatic carbocycles. The number of carbonyl (C=O) groups excluding carboxylic acids is 1. The van der Waals surface area contributed by atoms with Crippen molar-refractivity contribution >= 4 is 17.4 Å². The van der Waals surface area contributed by atoms with Crippen molar-refractivity contribution in [2.75, 3.05) is 13.1 Å². The van der Waals surface area contributed by atoms with Gasteiger partial charge in [-0.15, -0.1) is 11.3 Å². The second kappa shape index (κ2) is 6.30. The van der Waals surface area contributed by atoms with E-state index in [4.69, 9.17) is 0 Å². The maximum atomic E-state index is 12.2. The highest BCUT2D eigenvalue weighted by atomic mass is 32.1. The predicted molar refractivity (Wildman–Crippen MR) is 83.4 cm³/mol. The lowest BCUT2D eigenvalue weighted by atomic mass is 10.0. The van der Waals surface area contributed by atoms with Crippen molar-refractivity contribution in [3.8, 4) is 0 Å². The van der Waals surface area contributed by atoms with Crippen molar-refractivity contribution in [3.63, 3.8) is 0 Å². The third kappa shape index (κ3) is 2.95. The monoisotopic (exact) mass is 304 g/mol. The molecule has 0 unspecified atom stereocenters. The molecule has 2 amide bonds. The predicted octanol–water partition coefficient (Wildman–Crippen LogP) is 2.66. The summed E-state index contributed by atoms with van der Waals surface area (Å²) in [6.07, 6.45) is 5.74. The Labute approximate surface area is 128 Å². The summed E-state index contributed by atoms with van der Waals surface area (Å²) >= 11 is 1.72. The van der Waals surface area contributed by atoms with Crippen LogP contribution in [0.25, 0.3) is 0 Å². The third-order valence-corrected chi connectivity index (χ3v) is 4.87. The fraction of sp³-hybridized carbons (Fsp3) is 0.467. The number of hydrogen-bond acceptors (Lipinski definition) is 3.